The molecule has 0 bridgehead atoms. The van der Waals surface area contributed by atoms with Crippen molar-refractivity contribution in [2.75, 3.05) is 18.5 Å². The number of benzene rings is 1. The predicted octanol–water partition coefficient (Wildman–Crippen LogP) is 3.23. The highest BCUT2D eigenvalue weighted by Gasteiger charge is 2.26. The first kappa shape index (κ1) is 18.5. The van der Waals surface area contributed by atoms with Crippen molar-refractivity contribution in [3.05, 3.63) is 54.0 Å². The molecule has 1 aromatic carbocycles. The molecule has 1 aromatic heterocycles. The molecule has 0 atom stereocenters. The molecule has 1 fully saturated rings. The number of hydrogen-bond donors (Lipinski definition) is 1. The Kier molecular flexibility index (Phi) is 5.63. The Morgan fingerprint density at radius 3 is 2.54 bits per heavy atom. The van der Waals surface area contributed by atoms with Gasteiger partial charge in [-0.1, -0.05) is 24.6 Å². The van der Waals surface area contributed by atoms with E-state index in [9.17, 15) is 12.8 Å². The SMILES string of the molecule is C/C(=N\Nc1ccc(S(=O)(=O)N2CCCCC2)cn1)c1ccccc1F. The van der Waals surface area contributed by atoms with Gasteiger partial charge < -0.3 is 0 Å². The summed E-state index contributed by atoms with van der Waals surface area (Å²) in [5, 5.41) is 4.11. The van der Waals surface area contributed by atoms with E-state index in [1.165, 1.54) is 22.6 Å². The minimum atomic E-state index is -3.50. The Morgan fingerprint density at radius 2 is 1.88 bits per heavy atom. The quantitative estimate of drug-likeness (QED) is 0.642. The van der Waals surface area contributed by atoms with Crippen LogP contribution in [0.5, 0.6) is 0 Å². The van der Waals surface area contributed by atoms with E-state index in [4.69, 9.17) is 0 Å². The van der Waals surface area contributed by atoms with Crippen molar-refractivity contribution in [1.82, 2.24) is 9.29 Å². The molecule has 1 N–H and O–H groups in total. The van der Waals surface area contributed by atoms with Gasteiger partial charge in [0.05, 0.1) is 5.71 Å². The molecule has 3 rings (SSSR count). The fourth-order valence-corrected chi connectivity index (χ4v) is 4.27. The van der Waals surface area contributed by atoms with E-state index in [0.29, 0.717) is 30.2 Å². The van der Waals surface area contributed by atoms with E-state index < -0.39 is 10.0 Å². The maximum absolute atomic E-state index is 13.7. The molecule has 0 radical (unpaired) electrons. The Morgan fingerprint density at radius 1 is 1.15 bits per heavy atom. The monoisotopic (exact) mass is 376 g/mol. The molecule has 1 saturated heterocycles. The van der Waals surface area contributed by atoms with Gasteiger partial charge >= 0.3 is 0 Å². The van der Waals surface area contributed by atoms with Crippen LogP contribution in [0.3, 0.4) is 0 Å². The van der Waals surface area contributed by atoms with E-state index in [0.717, 1.165) is 19.3 Å². The largest absolute Gasteiger partial charge is 0.261 e. The molecule has 0 spiro atoms. The van der Waals surface area contributed by atoms with Gasteiger partial charge in [0.1, 0.15) is 16.5 Å². The molecule has 138 valence electrons. The average Bonchev–Trinajstić information content (AvgIpc) is 2.67. The second-order valence-electron chi connectivity index (χ2n) is 6.13. The Labute approximate surface area is 152 Å². The van der Waals surface area contributed by atoms with Gasteiger partial charge in [0.2, 0.25) is 10.0 Å². The number of nitrogens with zero attached hydrogens (tertiary/aromatic N) is 3. The molecule has 1 aliphatic rings. The third-order valence-electron chi connectivity index (χ3n) is 4.29. The highest BCUT2D eigenvalue weighted by molar-refractivity contribution is 7.89. The molecule has 0 amide bonds. The average molecular weight is 376 g/mol. The van der Waals surface area contributed by atoms with Crippen molar-refractivity contribution in [2.24, 2.45) is 5.10 Å². The number of halogens is 1. The number of anilines is 1. The van der Waals surface area contributed by atoms with E-state index in [1.807, 2.05) is 0 Å². The normalized spacial score (nSPS) is 16.5. The first-order valence-electron chi connectivity index (χ1n) is 8.50. The molecule has 2 heterocycles. The van der Waals surface area contributed by atoms with E-state index in [2.05, 4.69) is 15.5 Å². The number of hydrogen-bond acceptors (Lipinski definition) is 5. The maximum Gasteiger partial charge on any atom is 0.244 e. The lowest BCUT2D eigenvalue weighted by Gasteiger charge is -2.25. The summed E-state index contributed by atoms with van der Waals surface area (Å²) in [6, 6.07) is 9.41. The third-order valence-corrected chi connectivity index (χ3v) is 6.17. The number of piperidine rings is 1. The van der Waals surface area contributed by atoms with Gasteiger partial charge in [-0.25, -0.2) is 17.8 Å². The van der Waals surface area contributed by atoms with Crippen molar-refractivity contribution < 1.29 is 12.8 Å². The van der Waals surface area contributed by atoms with Crippen LogP contribution >= 0.6 is 0 Å². The number of nitrogens with one attached hydrogen (secondary N) is 1. The van der Waals surface area contributed by atoms with E-state index >= 15 is 0 Å². The number of rotatable bonds is 5. The second kappa shape index (κ2) is 7.92. The van der Waals surface area contributed by atoms with Crippen LogP contribution in [0.1, 0.15) is 31.7 Å². The fourth-order valence-electron chi connectivity index (χ4n) is 2.81. The molecule has 0 saturated carbocycles. The topological polar surface area (TPSA) is 74.7 Å². The van der Waals surface area contributed by atoms with Gasteiger partial charge in [-0.3, -0.25) is 5.43 Å². The van der Waals surface area contributed by atoms with Crippen LogP contribution in [-0.4, -0.2) is 36.5 Å². The Hall–Kier alpha value is -2.32. The minimum absolute atomic E-state index is 0.166. The fraction of sp³-hybridized carbons (Fsp3) is 0.333. The third kappa shape index (κ3) is 4.08. The molecule has 2 aromatic rings. The van der Waals surface area contributed by atoms with Crippen molar-refractivity contribution in [3.63, 3.8) is 0 Å². The van der Waals surface area contributed by atoms with Gasteiger partial charge in [0, 0.05) is 24.8 Å². The van der Waals surface area contributed by atoms with Crippen LogP contribution in [0.25, 0.3) is 0 Å². The molecule has 8 heteroatoms. The number of pyridine rings is 1. The second-order valence-corrected chi connectivity index (χ2v) is 8.07. The van der Waals surface area contributed by atoms with Crippen molar-refractivity contribution in [1.29, 1.82) is 0 Å². The van der Waals surface area contributed by atoms with Crippen molar-refractivity contribution in [3.8, 4) is 0 Å². The molecule has 1 aliphatic heterocycles. The van der Waals surface area contributed by atoms with Crippen molar-refractivity contribution in [2.45, 2.75) is 31.1 Å². The first-order chi connectivity index (χ1) is 12.5. The Bertz CT molecular complexity index is 892. The zero-order valence-corrected chi connectivity index (χ0v) is 15.3. The van der Waals surface area contributed by atoms with Crippen LogP contribution in [0.2, 0.25) is 0 Å². The smallest absolute Gasteiger partial charge is 0.244 e. The van der Waals surface area contributed by atoms with Gasteiger partial charge in [-0.2, -0.15) is 9.41 Å². The van der Waals surface area contributed by atoms with Crippen LogP contribution in [0, 0.1) is 5.82 Å². The summed E-state index contributed by atoms with van der Waals surface area (Å²) >= 11 is 0. The summed E-state index contributed by atoms with van der Waals surface area (Å²) in [7, 11) is -3.50. The zero-order valence-electron chi connectivity index (χ0n) is 14.5. The lowest BCUT2D eigenvalue weighted by Crippen LogP contribution is -2.35. The molecule has 0 unspecified atom stereocenters. The van der Waals surface area contributed by atoms with Gasteiger partial charge in [0.25, 0.3) is 0 Å². The summed E-state index contributed by atoms with van der Waals surface area (Å²) in [6.07, 6.45) is 4.15. The van der Waals surface area contributed by atoms with Gasteiger partial charge in [-0.05, 0) is 38.0 Å². The van der Waals surface area contributed by atoms with Gasteiger partial charge in [-0.15, -0.1) is 0 Å². The van der Waals surface area contributed by atoms with E-state index in [-0.39, 0.29) is 10.7 Å². The van der Waals surface area contributed by atoms with Crippen LogP contribution < -0.4 is 5.43 Å². The highest BCUT2D eigenvalue weighted by atomic mass is 32.2. The molecule has 26 heavy (non-hydrogen) atoms. The summed E-state index contributed by atoms with van der Waals surface area (Å²) in [4.78, 5) is 4.28. The summed E-state index contributed by atoms with van der Waals surface area (Å²) in [5.74, 6) is 0.0322. The van der Waals surface area contributed by atoms with E-state index in [1.54, 1.807) is 31.2 Å². The lowest BCUT2D eigenvalue weighted by molar-refractivity contribution is 0.346. The standard InChI is InChI=1S/C18H21FN4O2S/c1-14(16-7-3-4-8-17(16)19)21-22-18-10-9-15(13-20-18)26(24,25)23-11-5-2-6-12-23/h3-4,7-10,13H,2,5-6,11-12H2,1H3,(H,20,22)/b21-14+. The minimum Gasteiger partial charge on any atom is -0.261 e. The van der Waals surface area contributed by atoms with Gasteiger partial charge in [0.15, 0.2) is 0 Å². The molecular formula is C18H21FN4O2S. The lowest BCUT2D eigenvalue weighted by atomic mass is 10.1. The first-order valence-corrected chi connectivity index (χ1v) is 9.94. The highest BCUT2D eigenvalue weighted by Crippen LogP contribution is 2.20. The molecular weight excluding hydrogens is 355 g/mol. The van der Waals surface area contributed by atoms with Crippen LogP contribution in [-0.2, 0) is 10.0 Å². The van der Waals surface area contributed by atoms with Crippen LogP contribution in [0.4, 0.5) is 10.2 Å². The molecule has 6 nitrogen and oxygen atoms in total. The predicted molar refractivity (Wildman–Crippen MR) is 99.1 cm³/mol. The maximum atomic E-state index is 13.7. The summed E-state index contributed by atoms with van der Waals surface area (Å²) in [6.45, 7) is 2.78. The van der Waals surface area contributed by atoms with Crippen molar-refractivity contribution >= 4 is 21.6 Å². The number of hydrazone groups is 1. The Balaban J connectivity index is 1.72. The van der Waals surface area contributed by atoms with Crippen LogP contribution in [0.15, 0.2) is 52.6 Å². The zero-order chi connectivity index (χ0) is 18.6. The number of sulfonamides is 1. The summed E-state index contributed by atoms with van der Waals surface area (Å²) in [5.41, 5.74) is 3.59. The summed E-state index contributed by atoms with van der Waals surface area (Å²) < 4.78 is 40.4. The molecule has 0 aliphatic carbocycles. The number of aromatic nitrogens is 1.